The van der Waals surface area contributed by atoms with Crippen molar-refractivity contribution in [3.63, 3.8) is 0 Å². The second-order valence-corrected chi connectivity index (χ2v) is 8.99. The van der Waals surface area contributed by atoms with Gasteiger partial charge in [0.05, 0.1) is 5.56 Å². The average Bonchev–Trinajstić information content (AvgIpc) is 2.83. The van der Waals surface area contributed by atoms with Gasteiger partial charge in [-0.05, 0) is 48.4 Å². The fraction of sp³-hybridized carbons (Fsp3) is 0.346. The number of carbonyl (C=O) groups is 1. The number of hydrogen-bond donors (Lipinski definition) is 2. The van der Waals surface area contributed by atoms with Crippen molar-refractivity contribution in [2.24, 2.45) is 0 Å². The molecule has 3 aromatic rings. The van der Waals surface area contributed by atoms with Crippen LogP contribution in [0.4, 0.5) is 11.8 Å². The zero-order chi connectivity index (χ0) is 21.7. The molecule has 0 saturated carbocycles. The molecule has 2 aromatic carbocycles. The van der Waals surface area contributed by atoms with Gasteiger partial charge in [0.25, 0.3) is 5.56 Å². The molecule has 1 fully saturated rings. The van der Waals surface area contributed by atoms with Gasteiger partial charge in [-0.25, -0.2) is 0 Å². The van der Waals surface area contributed by atoms with Gasteiger partial charge in [0.1, 0.15) is 5.82 Å². The standard InChI is InChI=1S/C26H26N4O2/c31-20-13-7-12-19-22(20)21(18-11-6-9-16-8-2-3-10-17(16)18)23-24(27-19)28-26(29-25(23)32)30-14-4-1-5-15-30/h2-3,6,8-11,21H,1,4-5,7,12-15H2,(H2,27,28,29,32)/t21-/m1/s1. The van der Waals surface area contributed by atoms with Crippen LogP contribution in [-0.4, -0.2) is 28.8 Å². The Labute approximate surface area is 186 Å². The molecule has 0 bridgehead atoms. The Hall–Kier alpha value is -3.41. The molecule has 3 aliphatic rings. The van der Waals surface area contributed by atoms with E-state index in [9.17, 15) is 9.59 Å². The normalized spacial score (nSPS) is 20.7. The number of nitrogens with zero attached hydrogens (tertiary/aromatic N) is 2. The van der Waals surface area contributed by atoms with Gasteiger partial charge in [-0.3, -0.25) is 14.6 Å². The third kappa shape index (κ3) is 3.05. The van der Waals surface area contributed by atoms with E-state index in [0.717, 1.165) is 66.4 Å². The Morgan fingerprint density at radius 2 is 1.72 bits per heavy atom. The molecule has 0 spiro atoms. The minimum absolute atomic E-state index is 0.127. The van der Waals surface area contributed by atoms with Crippen molar-refractivity contribution in [2.45, 2.75) is 44.4 Å². The van der Waals surface area contributed by atoms with Crippen molar-refractivity contribution < 1.29 is 4.79 Å². The fourth-order valence-electron chi connectivity index (χ4n) is 5.52. The molecule has 6 nitrogen and oxygen atoms in total. The molecule has 6 heteroatoms. The van der Waals surface area contributed by atoms with Crippen molar-refractivity contribution in [2.75, 3.05) is 23.3 Å². The van der Waals surface area contributed by atoms with Crippen molar-refractivity contribution >= 4 is 28.3 Å². The number of H-pyrrole nitrogens is 1. The molecule has 3 heterocycles. The molecule has 6 rings (SSSR count). The summed E-state index contributed by atoms with van der Waals surface area (Å²) in [5.41, 5.74) is 3.04. The summed E-state index contributed by atoms with van der Waals surface area (Å²) in [6.45, 7) is 1.81. The number of allylic oxidation sites excluding steroid dienone is 2. The molecular formula is C26H26N4O2. The summed E-state index contributed by atoms with van der Waals surface area (Å²) in [7, 11) is 0. The van der Waals surface area contributed by atoms with E-state index in [4.69, 9.17) is 4.98 Å². The number of nitrogens with one attached hydrogen (secondary N) is 2. The number of hydrogen-bond acceptors (Lipinski definition) is 5. The van der Waals surface area contributed by atoms with Crippen molar-refractivity contribution in [1.29, 1.82) is 0 Å². The maximum absolute atomic E-state index is 13.5. The number of fused-ring (bicyclic) bond motifs is 2. The minimum Gasteiger partial charge on any atom is -0.343 e. The van der Waals surface area contributed by atoms with Gasteiger partial charge in [0.15, 0.2) is 5.78 Å². The molecule has 162 valence electrons. The maximum atomic E-state index is 13.5. The second kappa shape index (κ2) is 7.62. The summed E-state index contributed by atoms with van der Waals surface area (Å²) < 4.78 is 0. The maximum Gasteiger partial charge on any atom is 0.258 e. The van der Waals surface area contributed by atoms with Gasteiger partial charge in [-0.15, -0.1) is 0 Å². The van der Waals surface area contributed by atoms with Crippen LogP contribution in [0.3, 0.4) is 0 Å². The van der Waals surface area contributed by atoms with E-state index >= 15 is 0 Å². The lowest BCUT2D eigenvalue weighted by Gasteiger charge is -2.34. The van der Waals surface area contributed by atoms with Crippen LogP contribution in [0.2, 0.25) is 0 Å². The molecule has 1 saturated heterocycles. The largest absolute Gasteiger partial charge is 0.343 e. The summed E-state index contributed by atoms with van der Waals surface area (Å²) >= 11 is 0. The van der Waals surface area contributed by atoms with Gasteiger partial charge in [0.2, 0.25) is 5.95 Å². The van der Waals surface area contributed by atoms with Gasteiger partial charge >= 0.3 is 0 Å². The Morgan fingerprint density at radius 3 is 2.59 bits per heavy atom. The Morgan fingerprint density at radius 1 is 0.906 bits per heavy atom. The monoisotopic (exact) mass is 426 g/mol. The van der Waals surface area contributed by atoms with E-state index in [2.05, 4.69) is 33.4 Å². The first-order valence-corrected chi connectivity index (χ1v) is 11.6. The zero-order valence-corrected chi connectivity index (χ0v) is 18.0. The van der Waals surface area contributed by atoms with Crippen LogP contribution >= 0.6 is 0 Å². The third-order valence-corrected chi connectivity index (χ3v) is 7.04. The van der Waals surface area contributed by atoms with Gasteiger partial charge in [0, 0.05) is 36.7 Å². The number of carbonyl (C=O) groups excluding carboxylic acids is 1. The van der Waals surface area contributed by atoms with E-state index < -0.39 is 5.92 Å². The molecule has 1 aromatic heterocycles. The topological polar surface area (TPSA) is 78.1 Å². The number of aromatic amines is 1. The summed E-state index contributed by atoms with van der Waals surface area (Å²) in [5.74, 6) is 0.943. The van der Waals surface area contributed by atoms with Gasteiger partial charge in [-0.2, -0.15) is 4.98 Å². The Bertz CT molecular complexity index is 1310. The van der Waals surface area contributed by atoms with Crippen LogP contribution in [0, 0.1) is 0 Å². The molecule has 0 radical (unpaired) electrons. The number of rotatable bonds is 2. The van der Waals surface area contributed by atoms with Crippen LogP contribution in [-0.2, 0) is 4.79 Å². The first-order valence-electron chi connectivity index (χ1n) is 11.6. The van der Waals surface area contributed by atoms with Crippen LogP contribution in [0.15, 0.2) is 58.5 Å². The average molecular weight is 427 g/mol. The highest BCUT2D eigenvalue weighted by molar-refractivity contribution is 6.02. The Kier molecular flexibility index (Phi) is 4.59. The first kappa shape index (κ1) is 19.3. The SMILES string of the molecule is O=C1CCCC2=C1[C@@H](c1cccc3ccccc13)c1c(nc(N3CCCCC3)[nH]c1=O)N2. The van der Waals surface area contributed by atoms with Gasteiger partial charge in [-0.1, -0.05) is 42.5 Å². The van der Waals surface area contributed by atoms with Crippen molar-refractivity contribution in [3.8, 4) is 0 Å². The number of anilines is 2. The molecule has 32 heavy (non-hydrogen) atoms. The Balaban J connectivity index is 1.58. The van der Waals surface area contributed by atoms with E-state index in [1.165, 1.54) is 6.42 Å². The lowest BCUT2D eigenvalue weighted by Crippen LogP contribution is -2.36. The van der Waals surface area contributed by atoms with E-state index in [-0.39, 0.29) is 11.3 Å². The number of ketones is 1. The summed E-state index contributed by atoms with van der Waals surface area (Å²) in [5, 5.41) is 5.57. The number of Topliss-reactive ketones (excluding diaryl/α,β-unsaturated/α-hetero) is 1. The van der Waals surface area contributed by atoms with Crippen LogP contribution < -0.4 is 15.8 Å². The van der Waals surface area contributed by atoms with Gasteiger partial charge < -0.3 is 10.2 Å². The highest BCUT2D eigenvalue weighted by Gasteiger charge is 2.38. The van der Waals surface area contributed by atoms with Crippen LogP contribution in [0.5, 0.6) is 0 Å². The molecule has 1 aliphatic carbocycles. The highest BCUT2D eigenvalue weighted by Crippen LogP contribution is 2.45. The number of benzene rings is 2. The minimum atomic E-state index is -0.410. The first-order chi connectivity index (χ1) is 15.7. The van der Waals surface area contributed by atoms with E-state index in [0.29, 0.717) is 23.8 Å². The van der Waals surface area contributed by atoms with Crippen molar-refractivity contribution in [3.05, 3.63) is 75.2 Å². The zero-order valence-electron chi connectivity index (χ0n) is 18.0. The third-order valence-electron chi connectivity index (χ3n) is 7.04. The number of aromatic nitrogens is 2. The molecule has 1 atom stereocenters. The lowest BCUT2D eigenvalue weighted by molar-refractivity contribution is -0.116. The molecule has 0 amide bonds. The summed E-state index contributed by atoms with van der Waals surface area (Å²) in [4.78, 5) is 36.8. The van der Waals surface area contributed by atoms with Crippen molar-refractivity contribution in [1.82, 2.24) is 9.97 Å². The van der Waals surface area contributed by atoms with Crippen LogP contribution in [0.25, 0.3) is 10.8 Å². The molecule has 2 N–H and O–H groups in total. The summed E-state index contributed by atoms with van der Waals surface area (Å²) in [6.07, 6.45) is 5.58. The van der Waals surface area contributed by atoms with Crippen LogP contribution in [0.1, 0.15) is 55.6 Å². The number of piperidine rings is 1. The highest BCUT2D eigenvalue weighted by atomic mass is 16.1. The molecule has 0 unspecified atom stereocenters. The predicted molar refractivity (Wildman–Crippen MR) is 126 cm³/mol. The van der Waals surface area contributed by atoms with E-state index in [1.807, 2.05) is 24.3 Å². The fourth-order valence-corrected chi connectivity index (χ4v) is 5.52. The molecule has 2 aliphatic heterocycles. The quantitative estimate of drug-likeness (QED) is 0.632. The predicted octanol–water partition coefficient (Wildman–Crippen LogP) is 4.48. The van der Waals surface area contributed by atoms with E-state index in [1.54, 1.807) is 0 Å². The lowest BCUT2D eigenvalue weighted by atomic mass is 9.75. The summed E-state index contributed by atoms with van der Waals surface area (Å²) in [6, 6.07) is 14.3. The smallest absolute Gasteiger partial charge is 0.258 e. The molecular weight excluding hydrogens is 400 g/mol. The second-order valence-electron chi connectivity index (χ2n) is 8.99.